The molecular weight excluding hydrogens is 324 g/mol. The van der Waals surface area contributed by atoms with Gasteiger partial charge in [0.05, 0.1) is 6.04 Å². The molecule has 1 aliphatic heterocycles. The number of halogens is 1. The van der Waals surface area contributed by atoms with Crippen molar-refractivity contribution >= 4 is 27.7 Å². The molecule has 0 radical (unpaired) electrons. The van der Waals surface area contributed by atoms with Gasteiger partial charge in [-0.25, -0.2) is 4.79 Å². The van der Waals surface area contributed by atoms with E-state index in [0.717, 1.165) is 4.47 Å². The van der Waals surface area contributed by atoms with Gasteiger partial charge in [0, 0.05) is 28.4 Å². The van der Waals surface area contributed by atoms with Crippen LogP contribution in [-0.2, 0) is 4.79 Å². The molecule has 2 amide bonds. The van der Waals surface area contributed by atoms with Crippen molar-refractivity contribution in [3.05, 3.63) is 39.5 Å². The van der Waals surface area contributed by atoms with E-state index in [-0.39, 0.29) is 17.6 Å². The molecule has 6 heteroatoms. The number of hydrogen-bond donors (Lipinski definition) is 2. The van der Waals surface area contributed by atoms with Crippen LogP contribution in [0.15, 0.2) is 33.9 Å². The summed E-state index contributed by atoms with van der Waals surface area (Å²) in [6.07, 6.45) is 0. The zero-order valence-electron chi connectivity index (χ0n) is 11.4. The Bertz CT molecular complexity index is 625. The SMILES string of the molecule is CC(=O)C1=C(C)N(C)C(=O)NC1c1cc(Br)ccc1O. The third-order valence-corrected chi connectivity index (χ3v) is 3.93. The Morgan fingerprint density at radius 2 is 2.10 bits per heavy atom. The van der Waals surface area contributed by atoms with Crippen molar-refractivity contribution in [1.29, 1.82) is 0 Å². The highest BCUT2D eigenvalue weighted by Crippen LogP contribution is 2.36. The second-order valence-electron chi connectivity index (χ2n) is 4.70. The van der Waals surface area contributed by atoms with Crippen LogP contribution in [0.1, 0.15) is 25.5 Å². The van der Waals surface area contributed by atoms with Gasteiger partial charge in [-0.2, -0.15) is 0 Å². The highest BCUT2D eigenvalue weighted by Gasteiger charge is 2.33. The predicted octanol–water partition coefficient (Wildman–Crippen LogP) is 2.71. The van der Waals surface area contributed by atoms with E-state index >= 15 is 0 Å². The largest absolute Gasteiger partial charge is 0.508 e. The molecule has 0 fully saturated rings. The number of carbonyl (C=O) groups is 2. The molecule has 2 N–H and O–H groups in total. The number of carbonyl (C=O) groups excluding carboxylic acids is 2. The zero-order valence-corrected chi connectivity index (χ0v) is 13.0. The topological polar surface area (TPSA) is 69.6 Å². The van der Waals surface area contributed by atoms with Gasteiger partial charge in [-0.1, -0.05) is 15.9 Å². The maximum absolute atomic E-state index is 11.9. The second-order valence-corrected chi connectivity index (χ2v) is 5.62. The molecule has 0 spiro atoms. The number of aromatic hydroxyl groups is 1. The number of hydrogen-bond acceptors (Lipinski definition) is 3. The van der Waals surface area contributed by atoms with E-state index in [1.54, 1.807) is 26.1 Å². The second kappa shape index (κ2) is 5.28. The molecule has 5 nitrogen and oxygen atoms in total. The van der Waals surface area contributed by atoms with Gasteiger partial charge in [0.25, 0.3) is 0 Å². The van der Waals surface area contributed by atoms with Crippen molar-refractivity contribution in [2.75, 3.05) is 7.05 Å². The molecule has 0 saturated carbocycles. The molecule has 106 valence electrons. The third kappa shape index (κ3) is 2.43. The summed E-state index contributed by atoms with van der Waals surface area (Å²) in [5.41, 5.74) is 1.55. The lowest BCUT2D eigenvalue weighted by Gasteiger charge is -2.33. The number of ketones is 1. The Labute approximate surface area is 125 Å². The van der Waals surface area contributed by atoms with E-state index in [4.69, 9.17) is 0 Å². The fourth-order valence-corrected chi connectivity index (χ4v) is 2.66. The van der Waals surface area contributed by atoms with Gasteiger partial charge < -0.3 is 15.3 Å². The van der Waals surface area contributed by atoms with Gasteiger partial charge in [-0.15, -0.1) is 0 Å². The number of amides is 2. The van der Waals surface area contributed by atoms with Crippen LogP contribution >= 0.6 is 15.9 Å². The summed E-state index contributed by atoms with van der Waals surface area (Å²) >= 11 is 3.33. The molecule has 0 bridgehead atoms. The van der Waals surface area contributed by atoms with E-state index in [2.05, 4.69) is 21.2 Å². The lowest BCUT2D eigenvalue weighted by molar-refractivity contribution is -0.114. The zero-order chi connectivity index (χ0) is 15.0. The first-order chi connectivity index (χ1) is 9.32. The molecule has 1 aromatic carbocycles. The van der Waals surface area contributed by atoms with Crippen LogP contribution in [0.2, 0.25) is 0 Å². The molecule has 20 heavy (non-hydrogen) atoms. The Balaban J connectivity index is 2.62. The van der Waals surface area contributed by atoms with Crippen LogP contribution in [0.3, 0.4) is 0 Å². The number of allylic oxidation sites excluding steroid dienone is 1. The van der Waals surface area contributed by atoms with E-state index in [1.165, 1.54) is 17.9 Å². The highest BCUT2D eigenvalue weighted by atomic mass is 79.9. The Morgan fingerprint density at radius 3 is 2.70 bits per heavy atom. The molecule has 2 rings (SSSR count). The first-order valence-electron chi connectivity index (χ1n) is 6.07. The van der Waals surface area contributed by atoms with Crippen LogP contribution in [0.25, 0.3) is 0 Å². The number of phenolic OH excluding ortho intramolecular Hbond substituents is 1. The lowest BCUT2D eigenvalue weighted by Crippen LogP contribution is -2.45. The van der Waals surface area contributed by atoms with Crippen LogP contribution in [0.5, 0.6) is 5.75 Å². The molecule has 0 aliphatic carbocycles. The minimum absolute atomic E-state index is 0.0367. The Kier molecular flexibility index (Phi) is 3.85. The average molecular weight is 339 g/mol. The van der Waals surface area contributed by atoms with Gasteiger partial charge in [0.15, 0.2) is 5.78 Å². The van der Waals surface area contributed by atoms with E-state index < -0.39 is 6.04 Å². The van der Waals surface area contributed by atoms with Gasteiger partial charge in [-0.05, 0) is 32.0 Å². The monoisotopic (exact) mass is 338 g/mol. The van der Waals surface area contributed by atoms with Crippen molar-refractivity contribution < 1.29 is 14.7 Å². The quantitative estimate of drug-likeness (QED) is 0.870. The smallest absolute Gasteiger partial charge is 0.322 e. The predicted molar refractivity (Wildman–Crippen MR) is 78.2 cm³/mol. The summed E-state index contributed by atoms with van der Waals surface area (Å²) in [7, 11) is 1.60. The van der Waals surface area contributed by atoms with Crippen LogP contribution in [0, 0.1) is 0 Å². The maximum Gasteiger partial charge on any atom is 0.322 e. The number of benzene rings is 1. The first kappa shape index (κ1) is 14.6. The number of Topliss-reactive ketones (excluding diaryl/α,β-unsaturated/α-hetero) is 1. The number of rotatable bonds is 2. The molecule has 0 aromatic heterocycles. The molecule has 0 saturated heterocycles. The Hall–Kier alpha value is -1.82. The Morgan fingerprint density at radius 1 is 1.45 bits per heavy atom. The lowest BCUT2D eigenvalue weighted by atomic mass is 9.92. The standard InChI is InChI=1S/C14H15BrN2O3/c1-7-12(8(2)18)13(16-14(20)17(7)3)10-6-9(15)4-5-11(10)19/h4-6,13,19H,1-3H3,(H,16,20). The maximum atomic E-state index is 11.9. The highest BCUT2D eigenvalue weighted by molar-refractivity contribution is 9.10. The number of urea groups is 1. The van der Waals surface area contributed by atoms with Crippen LogP contribution in [-0.4, -0.2) is 28.9 Å². The van der Waals surface area contributed by atoms with Gasteiger partial charge in [-0.3, -0.25) is 4.79 Å². The summed E-state index contributed by atoms with van der Waals surface area (Å²) < 4.78 is 0.763. The summed E-state index contributed by atoms with van der Waals surface area (Å²) in [6.45, 7) is 3.17. The van der Waals surface area contributed by atoms with Crippen LogP contribution in [0.4, 0.5) is 4.79 Å². The van der Waals surface area contributed by atoms with Crippen molar-refractivity contribution in [3.8, 4) is 5.75 Å². The average Bonchev–Trinajstić information content (AvgIpc) is 2.38. The number of phenols is 1. The normalized spacial score (nSPS) is 19.1. The van der Waals surface area contributed by atoms with Crippen molar-refractivity contribution in [3.63, 3.8) is 0 Å². The van der Waals surface area contributed by atoms with Gasteiger partial charge in [0.1, 0.15) is 5.75 Å². The molecule has 1 atom stereocenters. The fourth-order valence-electron chi connectivity index (χ4n) is 2.28. The number of nitrogens with zero attached hydrogens (tertiary/aromatic N) is 1. The fraction of sp³-hybridized carbons (Fsp3) is 0.286. The van der Waals surface area contributed by atoms with E-state index in [9.17, 15) is 14.7 Å². The van der Waals surface area contributed by atoms with Crippen molar-refractivity contribution in [2.45, 2.75) is 19.9 Å². The minimum Gasteiger partial charge on any atom is -0.508 e. The molecule has 1 aromatic rings. The molecule has 1 unspecified atom stereocenters. The van der Waals surface area contributed by atoms with Crippen molar-refractivity contribution in [1.82, 2.24) is 10.2 Å². The minimum atomic E-state index is -0.645. The first-order valence-corrected chi connectivity index (χ1v) is 6.86. The van der Waals surface area contributed by atoms with Gasteiger partial charge in [0.2, 0.25) is 0 Å². The van der Waals surface area contributed by atoms with Crippen molar-refractivity contribution in [2.24, 2.45) is 0 Å². The van der Waals surface area contributed by atoms with E-state index in [1.807, 2.05) is 0 Å². The number of nitrogens with one attached hydrogen (secondary N) is 1. The summed E-state index contributed by atoms with van der Waals surface area (Å²) in [5.74, 6) is -0.103. The van der Waals surface area contributed by atoms with Gasteiger partial charge >= 0.3 is 6.03 Å². The summed E-state index contributed by atoms with van der Waals surface area (Å²) in [4.78, 5) is 25.2. The molecular formula is C14H15BrN2O3. The van der Waals surface area contributed by atoms with Crippen LogP contribution < -0.4 is 5.32 Å². The third-order valence-electron chi connectivity index (χ3n) is 3.43. The molecule has 1 heterocycles. The van der Waals surface area contributed by atoms with E-state index in [0.29, 0.717) is 16.8 Å². The molecule has 1 aliphatic rings. The summed E-state index contributed by atoms with van der Waals surface area (Å²) in [5, 5.41) is 12.7. The summed E-state index contributed by atoms with van der Waals surface area (Å²) in [6, 6.07) is 3.96.